The van der Waals surface area contributed by atoms with Gasteiger partial charge in [0, 0.05) is 0 Å². The Morgan fingerprint density at radius 3 is 1.82 bits per heavy atom. The number of hydrogen-bond acceptors (Lipinski definition) is 1. The van der Waals surface area contributed by atoms with Gasteiger partial charge in [-0.3, -0.25) is 0 Å². The van der Waals surface area contributed by atoms with Gasteiger partial charge in [-0.1, -0.05) is 58.7 Å². The molecule has 0 saturated carbocycles. The first-order valence-corrected chi connectivity index (χ1v) is 6.90. The lowest BCUT2D eigenvalue weighted by molar-refractivity contribution is 0.125. The number of hydrogen-bond donors (Lipinski definition) is 1. The molecular weight excluding hydrogens is 208 g/mol. The van der Waals surface area contributed by atoms with Crippen LogP contribution < -0.4 is 0 Å². The average molecular weight is 234 g/mol. The molecule has 0 spiro atoms. The summed E-state index contributed by atoms with van der Waals surface area (Å²) in [6.45, 7) is 8.56. The molecule has 1 aromatic carbocycles. The van der Waals surface area contributed by atoms with Crippen molar-refractivity contribution in [1.29, 1.82) is 0 Å². The molecule has 0 heterocycles. The third kappa shape index (κ3) is 3.57. The second kappa shape index (κ2) is 6.80. The Balaban J connectivity index is 3.17. The van der Waals surface area contributed by atoms with E-state index in [1.807, 2.05) is 0 Å². The van der Waals surface area contributed by atoms with E-state index in [1.165, 1.54) is 16.7 Å². The lowest BCUT2D eigenvalue weighted by Gasteiger charge is -2.22. The summed E-state index contributed by atoms with van der Waals surface area (Å²) in [6.07, 6.45) is 4.08. The Bertz CT molecular complexity index is 317. The summed E-state index contributed by atoms with van der Waals surface area (Å²) in [6, 6.07) is 6.47. The molecule has 0 radical (unpaired) electrons. The van der Waals surface area contributed by atoms with E-state index in [2.05, 4.69) is 45.9 Å². The normalized spacial score (nSPS) is 13.1. The van der Waals surface area contributed by atoms with Crippen LogP contribution in [0.5, 0.6) is 0 Å². The van der Waals surface area contributed by atoms with Gasteiger partial charge in [-0.05, 0) is 35.4 Å². The maximum absolute atomic E-state index is 10.4. The van der Waals surface area contributed by atoms with Crippen molar-refractivity contribution in [2.45, 2.75) is 59.5 Å². The zero-order valence-electron chi connectivity index (χ0n) is 11.7. The molecule has 0 aliphatic carbocycles. The molecular formula is C16H26O. The van der Waals surface area contributed by atoms with Crippen molar-refractivity contribution in [3.05, 3.63) is 34.9 Å². The first-order valence-electron chi connectivity index (χ1n) is 6.90. The fourth-order valence-corrected chi connectivity index (χ4v) is 2.35. The number of aryl methyl sites for hydroxylation is 2. The molecule has 1 nitrogen and oxygen atoms in total. The van der Waals surface area contributed by atoms with E-state index in [4.69, 9.17) is 0 Å². The highest BCUT2D eigenvalue weighted by atomic mass is 16.3. The van der Waals surface area contributed by atoms with E-state index in [1.54, 1.807) is 0 Å². The van der Waals surface area contributed by atoms with Crippen LogP contribution in [0, 0.1) is 5.92 Å². The Hall–Kier alpha value is -0.820. The quantitative estimate of drug-likeness (QED) is 0.779. The van der Waals surface area contributed by atoms with E-state index in [9.17, 15) is 5.11 Å². The first kappa shape index (κ1) is 14.2. The predicted molar refractivity (Wildman–Crippen MR) is 74.2 cm³/mol. The standard InChI is InChI=1S/C16H26O/c1-5-8-13-10-7-11-14(9-6-2)15(13)16(17)12(3)4/h7,10-12,16-17H,5-6,8-9H2,1-4H3. The number of rotatable bonds is 6. The summed E-state index contributed by atoms with van der Waals surface area (Å²) >= 11 is 0. The zero-order chi connectivity index (χ0) is 12.8. The van der Waals surface area contributed by atoms with Crippen molar-refractivity contribution in [2.75, 3.05) is 0 Å². The van der Waals surface area contributed by atoms with Crippen molar-refractivity contribution in [2.24, 2.45) is 5.92 Å². The van der Waals surface area contributed by atoms with Gasteiger partial charge < -0.3 is 5.11 Å². The topological polar surface area (TPSA) is 20.2 Å². The van der Waals surface area contributed by atoms with Crippen LogP contribution in [0.25, 0.3) is 0 Å². The van der Waals surface area contributed by atoms with Crippen LogP contribution in [-0.4, -0.2) is 5.11 Å². The summed E-state index contributed by atoms with van der Waals surface area (Å²) in [7, 11) is 0. The molecule has 0 saturated heterocycles. The molecule has 0 aliphatic rings. The zero-order valence-corrected chi connectivity index (χ0v) is 11.7. The summed E-state index contributed by atoms with van der Waals surface area (Å²) in [4.78, 5) is 0. The van der Waals surface area contributed by atoms with Crippen molar-refractivity contribution in [3.63, 3.8) is 0 Å². The SMILES string of the molecule is CCCc1cccc(CCC)c1C(O)C(C)C. The number of benzene rings is 1. The molecule has 1 unspecified atom stereocenters. The van der Waals surface area contributed by atoms with Gasteiger partial charge in [-0.25, -0.2) is 0 Å². The smallest absolute Gasteiger partial charge is 0.0818 e. The monoisotopic (exact) mass is 234 g/mol. The maximum Gasteiger partial charge on any atom is 0.0818 e. The molecule has 0 bridgehead atoms. The molecule has 0 aliphatic heterocycles. The predicted octanol–water partition coefficient (Wildman–Crippen LogP) is 4.28. The van der Waals surface area contributed by atoms with Gasteiger partial charge in [0.1, 0.15) is 0 Å². The third-order valence-electron chi connectivity index (χ3n) is 3.25. The van der Waals surface area contributed by atoms with Gasteiger partial charge in [0.05, 0.1) is 6.10 Å². The van der Waals surface area contributed by atoms with Gasteiger partial charge in [0.25, 0.3) is 0 Å². The summed E-state index contributed by atoms with van der Waals surface area (Å²) < 4.78 is 0. The Morgan fingerprint density at radius 1 is 1.00 bits per heavy atom. The van der Waals surface area contributed by atoms with Crippen LogP contribution in [0.15, 0.2) is 18.2 Å². The number of aliphatic hydroxyl groups is 1. The van der Waals surface area contributed by atoms with Gasteiger partial charge in [0.15, 0.2) is 0 Å². The fourth-order valence-electron chi connectivity index (χ4n) is 2.35. The lowest BCUT2D eigenvalue weighted by Crippen LogP contribution is -2.12. The Kier molecular flexibility index (Phi) is 5.70. The molecule has 1 aromatic rings. The molecule has 1 heteroatoms. The van der Waals surface area contributed by atoms with E-state index in [-0.39, 0.29) is 12.0 Å². The Morgan fingerprint density at radius 2 is 1.47 bits per heavy atom. The molecule has 1 N–H and O–H groups in total. The molecule has 17 heavy (non-hydrogen) atoms. The van der Waals surface area contributed by atoms with E-state index in [0.29, 0.717) is 0 Å². The minimum Gasteiger partial charge on any atom is -0.388 e. The highest BCUT2D eigenvalue weighted by Crippen LogP contribution is 2.29. The van der Waals surface area contributed by atoms with Gasteiger partial charge in [0.2, 0.25) is 0 Å². The van der Waals surface area contributed by atoms with Crippen molar-refractivity contribution in [3.8, 4) is 0 Å². The van der Waals surface area contributed by atoms with Crippen LogP contribution in [0.3, 0.4) is 0 Å². The third-order valence-corrected chi connectivity index (χ3v) is 3.25. The molecule has 1 atom stereocenters. The second-order valence-corrected chi connectivity index (χ2v) is 5.18. The van der Waals surface area contributed by atoms with E-state index in [0.717, 1.165) is 25.7 Å². The minimum absolute atomic E-state index is 0.281. The number of aliphatic hydroxyl groups excluding tert-OH is 1. The van der Waals surface area contributed by atoms with Gasteiger partial charge in [-0.2, -0.15) is 0 Å². The lowest BCUT2D eigenvalue weighted by atomic mass is 9.87. The van der Waals surface area contributed by atoms with Crippen molar-refractivity contribution < 1.29 is 5.11 Å². The fraction of sp³-hybridized carbons (Fsp3) is 0.625. The first-order chi connectivity index (χ1) is 8.11. The van der Waals surface area contributed by atoms with Crippen molar-refractivity contribution >= 4 is 0 Å². The summed E-state index contributed by atoms with van der Waals surface area (Å²) in [5.41, 5.74) is 3.87. The van der Waals surface area contributed by atoms with Gasteiger partial charge in [-0.15, -0.1) is 0 Å². The summed E-state index contributed by atoms with van der Waals surface area (Å²) in [5, 5.41) is 10.4. The molecule has 1 rings (SSSR count). The highest BCUT2D eigenvalue weighted by molar-refractivity contribution is 5.37. The van der Waals surface area contributed by atoms with E-state index >= 15 is 0 Å². The second-order valence-electron chi connectivity index (χ2n) is 5.18. The van der Waals surface area contributed by atoms with Crippen LogP contribution in [0.1, 0.15) is 63.3 Å². The van der Waals surface area contributed by atoms with Crippen LogP contribution in [-0.2, 0) is 12.8 Å². The minimum atomic E-state index is -0.320. The molecule has 0 aromatic heterocycles. The largest absolute Gasteiger partial charge is 0.388 e. The van der Waals surface area contributed by atoms with Crippen molar-refractivity contribution in [1.82, 2.24) is 0 Å². The average Bonchev–Trinajstić information content (AvgIpc) is 2.29. The van der Waals surface area contributed by atoms with Crippen LogP contribution in [0.4, 0.5) is 0 Å². The van der Waals surface area contributed by atoms with E-state index < -0.39 is 0 Å². The van der Waals surface area contributed by atoms with Crippen LogP contribution >= 0.6 is 0 Å². The summed E-state index contributed by atoms with van der Waals surface area (Å²) in [5.74, 6) is 0.281. The molecule has 96 valence electrons. The molecule has 0 fully saturated rings. The Labute approximate surface area is 106 Å². The maximum atomic E-state index is 10.4. The van der Waals surface area contributed by atoms with Gasteiger partial charge >= 0.3 is 0 Å². The molecule has 0 amide bonds. The highest BCUT2D eigenvalue weighted by Gasteiger charge is 2.18. The van der Waals surface area contributed by atoms with Crippen LogP contribution in [0.2, 0.25) is 0 Å².